The van der Waals surface area contributed by atoms with Crippen LogP contribution in [0.1, 0.15) is 92.7 Å². The third-order valence-corrected chi connectivity index (χ3v) is 16.2. The molecule has 0 unspecified atom stereocenters. The molecule has 2 saturated carbocycles. The molecule has 67 heavy (non-hydrogen) atoms. The molecular weight excluding hydrogens is 920 g/mol. The van der Waals surface area contributed by atoms with E-state index in [1.165, 1.54) is 27.2 Å². The van der Waals surface area contributed by atoms with Crippen LogP contribution >= 0.6 is 22.9 Å². The third-order valence-electron chi connectivity index (χ3n) is 13.1. The number of morpholine rings is 1. The second-order valence-corrected chi connectivity index (χ2v) is 24.0. The average Bonchev–Trinajstić information content (AvgIpc) is 4.15. The van der Waals surface area contributed by atoms with Crippen LogP contribution in [-0.4, -0.2) is 143 Å². The number of hydrogen-bond donors (Lipinski definition) is 3. The van der Waals surface area contributed by atoms with E-state index in [1.54, 1.807) is 12.1 Å². The van der Waals surface area contributed by atoms with Crippen LogP contribution < -0.4 is 24.8 Å². The Balaban J connectivity index is 1.17. The van der Waals surface area contributed by atoms with E-state index in [9.17, 15) is 22.8 Å². The summed E-state index contributed by atoms with van der Waals surface area (Å²) < 4.78 is 46.9. The molecule has 0 spiro atoms. The number of thiazole rings is 1. The highest BCUT2D eigenvalue weighted by Crippen LogP contribution is 2.47. The van der Waals surface area contributed by atoms with Crippen molar-refractivity contribution >= 4 is 67.6 Å². The lowest BCUT2D eigenvalue weighted by Gasteiger charge is -2.49. The van der Waals surface area contributed by atoms with Crippen molar-refractivity contribution in [3.05, 3.63) is 47.0 Å². The van der Waals surface area contributed by atoms with Gasteiger partial charge >= 0.3 is 6.03 Å². The number of sulfonamides is 1. The maximum Gasteiger partial charge on any atom is 0.318 e. The minimum atomic E-state index is -3.94. The number of fused-ring (bicyclic) bond motifs is 2. The van der Waals surface area contributed by atoms with Crippen molar-refractivity contribution in [2.24, 2.45) is 11.3 Å². The molecule has 8 rings (SSSR count). The predicted octanol–water partition coefficient (Wildman–Crippen LogP) is 5.47. The highest BCUT2D eigenvalue weighted by Gasteiger charge is 2.63. The number of aromatic nitrogens is 2. The summed E-state index contributed by atoms with van der Waals surface area (Å²) in [5.41, 5.74) is -1.22. The van der Waals surface area contributed by atoms with E-state index in [0.717, 1.165) is 18.8 Å². The molecule has 364 valence electrons. The quantitative estimate of drug-likeness (QED) is 0.172. The number of carbonyl (C=O) groups excluding carboxylic acids is 4. The van der Waals surface area contributed by atoms with Crippen LogP contribution in [-0.2, 0) is 29.1 Å². The summed E-state index contributed by atoms with van der Waals surface area (Å²) in [7, 11) is -3.94. The lowest BCUT2D eigenvalue weighted by atomic mass is 9.82. The largest absolute Gasteiger partial charge is 0.491 e. The second kappa shape index (κ2) is 18.4. The van der Waals surface area contributed by atoms with Gasteiger partial charge in [0, 0.05) is 60.9 Å². The number of urea groups is 1. The monoisotopic (exact) mass is 982 g/mol. The number of rotatable bonds is 14. The van der Waals surface area contributed by atoms with Crippen LogP contribution in [0, 0.1) is 11.3 Å². The first-order valence-electron chi connectivity index (χ1n) is 23.1. The number of carbonyl (C=O) groups is 4. The summed E-state index contributed by atoms with van der Waals surface area (Å²) in [4.78, 5) is 73.3. The Labute approximate surface area is 401 Å². The lowest BCUT2D eigenvalue weighted by molar-refractivity contribution is -0.154. The van der Waals surface area contributed by atoms with Gasteiger partial charge < -0.3 is 34.6 Å². The van der Waals surface area contributed by atoms with Crippen molar-refractivity contribution < 1.29 is 41.8 Å². The molecule has 5 heterocycles. The fourth-order valence-corrected chi connectivity index (χ4v) is 11.8. The molecule has 3 aromatic rings. The van der Waals surface area contributed by atoms with Crippen LogP contribution in [0.5, 0.6) is 11.5 Å². The van der Waals surface area contributed by atoms with Gasteiger partial charge in [0.1, 0.15) is 57.6 Å². The molecule has 5 aliphatic rings. The highest BCUT2D eigenvalue weighted by molar-refractivity contribution is 7.91. The van der Waals surface area contributed by atoms with Crippen LogP contribution in [0.4, 0.5) is 4.79 Å². The van der Waals surface area contributed by atoms with Crippen LogP contribution in [0.3, 0.4) is 0 Å². The number of nitrogens with zero attached hydrogens (tertiary/aromatic N) is 5. The van der Waals surface area contributed by atoms with E-state index in [-0.39, 0.29) is 30.3 Å². The summed E-state index contributed by atoms with van der Waals surface area (Å²) in [6.45, 7) is 23.2. The molecule has 5 fully saturated rings. The lowest BCUT2D eigenvalue weighted by Crippen LogP contribution is -2.70. The van der Waals surface area contributed by atoms with Crippen molar-refractivity contribution in [1.82, 2.24) is 40.0 Å². The van der Waals surface area contributed by atoms with Gasteiger partial charge in [-0.2, -0.15) is 0 Å². The molecule has 3 saturated heterocycles. The fourth-order valence-electron chi connectivity index (χ4n) is 9.28. The summed E-state index contributed by atoms with van der Waals surface area (Å²) in [6.07, 6.45) is 1.62. The Hall–Kier alpha value is -4.56. The number of ether oxygens (including phenoxy) is 3. The van der Waals surface area contributed by atoms with Gasteiger partial charge in [-0.25, -0.2) is 23.2 Å². The zero-order valence-electron chi connectivity index (χ0n) is 39.5. The molecule has 3 aliphatic heterocycles. The Morgan fingerprint density at radius 3 is 2.42 bits per heavy atom. The minimum Gasteiger partial charge on any atom is -0.491 e. The number of nitrogens with one attached hydrogen (secondary N) is 3. The van der Waals surface area contributed by atoms with Gasteiger partial charge in [-0.15, -0.1) is 17.9 Å². The summed E-state index contributed by atoms with van der Waals surface area (Å²) in [6, 6.07) is 1.92. The van der Waals surface area contributed by atoms with E-state index in [4.69, 9.17) is 35.8 Å². The molecule has 17 nitrogen and oxygen atoms in total. The molecule has 3 N–H and O–H groups in total. The van der Waals surface area contributed by atoms with Gasteiger partial charge in [-0.3, -0.25) is 24.0 Å². The second-order valence-electron chi connectivity index (χ2n) is 20.8. The molecular formula is C47H63ClN8O9S2. The standard InChI is InChI=1S/C47H63ClN8O9S2/c1-10-27-23-47(27,43(59)53-67(61,62)28-11-12-28)51-40(57)32-22-36(33-24-55(44(60)52-46(7,8)9)39(45(4,5)6)42(58)56(32)33)65-35-21-30(41-50-31(25-66-41)26(2)3)49-38-29(35)13-14-34(37(38)48)64-20-17-54-15-18-63-19-16-54/h10,13-14,21,25-28,32-33,36,39H,1,11-12,15-20,22-24H2,2-9H3,(H,51,57)(H,52,60)(H,53,59)/t27-,32+,33-,36-,39+,47-/m1/s1. The van der Waals surface area contributed by atoms with Gasteiger partial charge in [-0.1, -0.05) is 52.3 Å². The van der Waals surface area contributed by atoms with Gasteiger partial charge in [0.2, 0.25) is 21.8 Å². The first-order chi connectivity index (χ1) is 31.5. The maximum atomic E-state index is 15.2. The maximum absolute atomic E-state index is 15.2. The van der Waals surface area contributed by atoms with Crippen LogP contribution in [0.25, 0.3) is 21.6 Å². The number of piperazine rings is 1. The number of hydrogen-bond acceptors (Lipinski definition) is 13. The van der Waals surface area contributed by atoms with Gasteiger partial charge in [0.25, 0.3) is 5.91 Å². The van der Waals surface area contributed by atoms with Crippen LogP contribution in [0.15, 0.2) is 36.2 Å². The Morgan fingerprint density at radius 1 is 1.09 bits per heavy atom. The van der Waals surface area contributed by atoms with Crippen LogP contribution in [0.2, 0.25) is 5.02 Å². The molecule has 0 bridgehead atoms. The van der Waals surface area contributed by atoms with E-state index in [1.807, 2.05) is 53.0 Å². The molecule has 2 aromatic heterocycles. The summed E-state index contributed by atoms with van der Waals surface area (Å²) in [5.74, 6) is -1.55. The zero-order valence-corrected chi connectivity index (χ0v) is 41.9. The predicted molar refractivity (Wildman–Crippen MR) is 256 cm³/mol. The van der Waals surface area contributed by atoms with E-state index in [2.05, 4.69) is 40.7 Å². The minimum absolute atomic E-state index is 0.00652. The molecule has 0 radical (unpaired) electrons. The SMILES string of the molecule is C=C[C@@H]1C[C@]1(NC(=O)[C@@H]1C[C@@H](Oc2cc(-c3nc(C(C)C)cs3)nc3c(Cl)c(OCCN4CCOCC4)ccc23)[C@H]2CN(C(=O)NC(C)(C)C)[C@H](C(C)(C)C)C(=O)N21)C(=O)NS(=O)(=O)C1CC1. The van der Waals surface area contributed by atoms with E-state index in [0.29, 0.717) is 72.3 Å². The zero-order chi connectivity index (χ0) is 48.4. The average molecular weight is 984 g/mol. The Bertz CT molecular complexity index is 2550. The molecule has 2 aliphatic carbocycles. The molecule has 20 heteroatoms. The fraction of sp³-hybridized carbons (Fsp3) is 0.617. The normalized spacial score (nSPS) is 25.8. The molecule has 6 atom stereocenters. The first-order valence-corrected chi connectivity index (χ1v) is 25.9. The third kappa shape index (κ3) is 10.1. The van der Waals surface area contributed by atoms with Crippen molar-refractivity contribution in [3.63, 3.8) is 0 Å². The number of halogens is 1. The number of benzene rings is 1. The van der Waals surface area contributed by atoms with Crippen molar-refractivity contribution in [3.8, 4) is 22.2 Å². The summed E-state index contributed by atoms with van der Waals surface area (Å²) in [5, 5.41) is 8.70. The Kier molecular flexibility index (Phi) is 13.4. The van der Waals surface area contributed by atoms with Gasteiger partial charge in [-0.05, 0) is 63.5 Å². The van der Waals surface area contributed by atoms with Gasteiger partial charge in [0.05, 0.1) is 35.7 Å². The first kappa shape index (κ1) is 48.9. The van der Waals surface area contributed by atoms with Crippen molar-refractivity contribution in [2.45, 2.75) is 128 Å². The molecule has 1 aromatic carbocycles. The van der Waals surface area contributed by atoms with E-state index < -0.39 is 85.7 Å². The van der Waals surface area contributed by atoms with E-state index >= 15 is 4.79 Å². The number of amides is 5. The van der Waals surface area contributed by atoms with Gasteiger partial charge in [0.15, 0.2) is 0 Å². The highest BCUT2D eigenvalue weighted by atomic mass is 35.5. The topological polar surface area (TPSA) is 202 Å². The Morgan fingerprint density at radius 2 is 1.81 bits per heavy atom. The van der Waals surface area contributed by atoms with Crippen molar-refractivity contribution in [2.75, 3.05) is 46.0 Å². The number of pyridine rings is 1. The van der Waals surface area contributed by atoms with Crippen molar-refractivity contribution in [1.29, 1.82) is 0 Å². The molecule has 5 amide bonds. The smallest absolute Gasteiger partial charge is 0.318 e. The summed E-state index contributed by atoms with van der Waals surface area (Å²) >= 11 is 8.61.